The largest absolute Gasteiger partial charge is 0.490 e. The number of carboxylic acids is 1. The highest BCUT2D eigenvalue weighted by atomic mass is 32.3. The molecule has 138 valence electrons. The lowest BCUT2D eigenvalue weighted by Gasteiger charge is -1.93. The molecule has 20 heteroatoms. The van der Waals surface area contributed by atoms with Crippen LogP contribution in [0.5, 0.6) is 0 Å². The van der Waals surface area contributed by atoms with Crippen molar-refractivity contribution in [2.24, 2.45) is 0 Å². The third-order valence-corrected chi connectivity index (χ3v) is 0.243. The van der Waals surface area contributed by atoms with E-state index in [1.54, 1.807) is 0 Å². The Bertz CT molecular complexity index is 516. The molecule has 0 aliphatic carbocycles. The van der Waals surface area contributed by atoms with Gasteiger partial charge in [-0.25, -0.2) is 4.79 Å². The van der Waals surface area contributed by atoms with E-state index in [4.69, 9.17) is 48.8 Å². The minimum absolute atomic E-state index is 2.76. The monoisotopic (exact) mass is 414 g/mol. The molecule has 4 N–H and O–H groups in total. The molecule has 0 aliphatic heterocycles. The summed E-state index contributed by atoms with van der Waals surface area (Å²) in [5.41, 5.74) is 0. The van der Waals surface area contributed by atoms with Crippen LogP contribution in [0.2, 0.25) is 0 Å². The van der Waals surface area contributed by atoms with Crippen LogP contribution in [0.25, 0.3) is 0 Å². The molecule has 0 saturated heterocycles. The topological polar surface area (TPSA) is 200 Å². The average Bonchev–Trinajstić information content (AvgIpc) is 1.89. The Morgan fingerprint density at radius 1 is 0.682 bits per heavy atom. The normalized spacial score (nSPS) is 11.5. The number of halogens is 6. The van der Waals surface area contributed by atoms with Crippen molar-refractivity contribution in [3.8, 4) is 0 Å². The summed E-state index contributed by atoms with van der Waals surface area (Å²) in [5, 5.41) is 7.12. The molecule has 0 bridgehead atoms. The quantitative estimate of drug-likeness (QED) is 0.234. The first-order valence-corrected chi connectivity index (χ1v) is 7.28. The summed E-state index contributed by atoms with van der Waals surface area (Å²) in [7, 11) is -15.5. The first-order chi connectivity index (χ1) is 8.94. The number of carboxylic acid groups (broad SMARTS) is 1. The van der Waals surface area contributed by atoms with Crippen molar-refractivity contribution in [2.45, 2.75) is 6.18 Å². The smallest absolute Gasteiger partial charge is 0.475 e. The van der Waals surface area contributed by atoms with Crippen molar-refractivity contribution in [1.29, 1.82) is 0 Å². The molecule has 0 aromatic carbocycles. The molecule has 0 saturated carbocycles. The number of alkyl halides is 3. The second-order valence-corrected chi connectivity index (χ2v) is 4.51. The second kappa shape index (κ2) is 10.5. The van der Waals surface area contributed by atoms with Gasteiger partial charge in [-0.15, -0.1) is 0 Å². The van der Waals surface area contributed by atoms with E-state index in [0.29, 0.717) is 0 Å². The highest BCUT2D eigenvalue weighted by Crippen LogP contribution is 2.13. The molecule has 0 aliphatic rings. The average molecular weight is 414 g/mol. The van der Waals surface area contributed by atoms with Gasteiger partial charge in [0.2, 0.25) is 0 Å². The van der Waals surface area contributed by atoms with Gasteiger partial charge < -0.3 is 5.11 Å². The van der Waals surface area contributed by atoms with Crippen molar-refractivity contribution >= 4 is 37.5 Å². The van der Waals surface area contributed by atoms with E-state index in [0.717, 1.165) is 0 Å². The maximum absolute atomic E-state index is 10.6. The third kappa shape index (κ3) is 260. The maximum Gasteiger partial charge on any atom is 0.490 e. The fraction of sp³-hybridized carbons (Fsp3) is 0.500. The molecule has 0 fully saturated rings. The van der Waals surface area contributed by atoms with E-state index < -0.39 is 43.7 Å². The lowest BCUT2D eigenvalue weighted by atomic mass is 10.7. The van der Waals surface area contributed by atoms with Gasteiger partial charge in [0.1, 0.15) is 0 Å². The Morgan fingerprint density at radius 2 is 0.727 bits per heavy atom. The lowest BCUT2D eigenvalue weighted by Crippen LogP contribution is -2.21. The molecule has 11 nitrogen and oxygen atoms in total. The van der Waals surface area contributed by atoms with Crippen LogP contribution in [0.4, 0.5) is 24.8 Å². The number of rotatable bonds is 0. The van der Waals surface area contributed by atoms with Crippen molar-refractivity contribution in [2.75, 3.05) is 0 Å². The molecule has 22 heavy (non-hydrogen) atoms. The zero-order valence-corrected chi connectivity index (χ0v) is 11.6. The van der Waals surface area contributed by atoms with E-state index in [2.05, 4.69) is 0 Å². The van der Waals surface area contributed by atoms with E-state index in [-0.39, 0.29) is 0 Å². The molecule has 0 rings (SSSR count). The third-order valence-electron chi connectivity index (χ3n) is 0.243. The molecule has 0 spiro atoms. The molecule has 0 aromatic heterocycles. The summed E-state index contributed by atoms with van der Waals surface area (Å²) in [6.07, 6.45) is -5.08. The van der Waals surface area contributed by atoms with Gasteiger partial charge in [-0.3, -0.25) is 13.7 Å². The van der Waals surface area contributed by atoms with Crippen LogP contribution in [0, 0.1) is 0 Å². The van der Waals surface area contributed by atoms with E-state index >= 15 is 0 Å². The Kier molecular flexibility index (Phi) is 13.8. The number of carbonyl (C=O) groups is 1. The van der Waals surface area contributed by atoms with E-state index in [9.17, 15) is 24.8 Å². The lowest BCUT2D eigenvalue weighted by molar-refractivity contribution is -0.192. The fourth-order valence-corrected chi connectivity index (χ4v) is 0. The van der Waals surface area contributed by atoms with Gasteiger partial charge in [0, 0.05) is 0 Å². The van der Waals surface area contributed by atoms with Crippen LogP contribution in [-0.4, -0.2) is 56.2 Å². The molecule has 0 radical (unpaired) electrons. The molecule has 0 amide bonds. The molecule has 0 aromatic rings. The minimum Gasteiger partial charge on any atom is -0.475 e. The van der Waals surface area contributed by atoms with Crippen LogP contribution >= 0.6 is 0 Å². The SMILES string of the molecule is O=C(O)C(F)(F)F.O=S(=O)(O)F.O=S(=O)(O)F.O=S(=O)(O)F. The van der Waals surface area contributed by atoms with Gasteiger partial charge >= 0.3 is 43.7 Å². The van der Waals surface area contributed by atoms with Crippen molar-refractivity contribution in [3.05, 3.63) is 0 Å². The van der Waals surface area contributed by atoms with Crippen molar-refractivity contribution < 1.29 is 73.6 Å². The van der Waals surface area contributed by atoms with Gasteiger partial charge in [-0.05, 0) is 0 Å². The van der Waals surface area contributed by atoms with Crippen molar-refractivity contribution in [3.63, 3.8) is 0 Å². The Balaban J connectivity index is -0.0000000995. The van der Waals surface area contributed by atoms with Gasteiger partial charge in [-0.2, -0.15) is 38.4 Å². The first-order valence-electron chi connectivity index (χ1n) is 3.26. The number of aliphatic carboxylic acids is 1. The second-order valence-electron chi connectivity index (χ2n) is 2.04. The van der Waals surface area contributed by atoms with Gasteiger partial charge in [0.05, 0.1) is 0 Å². The standard InChI is InChI=1S/C2HF3O2.3FHO3S/c3-2(4,5)1(6)7;3*1-5(2,3)4/h(H,6,7);3*(H,2,3,4). The van der Waals surface area contributed by atoms with Gasteiger partial charge in [-0.1, -0.05) is 11.7 Å². The summed E-state index contributed by atoms with van der Waals surface area (Å²) in [5.74, 6) is -2.76. The van der Waals surface area contributed by atoms with Crippen LogP contribution in [0.15, 0.2) is 0 Å². The molecular weight excluding hydrogens is 410 g/mol. The highest BCUT2D eigenvalue weighted by Gasteiger charge is 2.38. The first kappa shape index (κ1) is 28.9. The van der Waals surface area contributed by atoms with E-state index in [1.165, 1.54) is 0 Å². The predicted octanol–water partition coefficient (Wildman–Crippen LogP) is -0.0906. The van der Waals surface area contributed by atoms with Crippen LogP contribution in [0.3, 0.4) is 0 Å². The van der Waals surface area contributed by atoms with Crippen LogP contribution in [0.1, 0.15) is 0 Å². The Hall–Kier alpha value is -1.22. The van der Waals surface area contributed by atoms with E-state index in [1.807, 2.05) is 0 Å². The van der Waals surface area contributed by atoms with Crippen LogP contribution in [-0.2, 0) is 36.3 Å². The zero-order chi connectivity index (χ0) is 19.6. The summed E-state index contributed by atoms with van der Waals surface area (Å²) < 4.78 is 134. The summed E-state index contributed by atoms with van der Waals surface area (Å²) >= 11 is 0. The van der Waals surface area contributed by atoms with Crippen molar-refractivity contribution in [1.82, 2.24) is 0 Å². The minimum atomic E-state index is -5.17. The van der Waals surface area contributed by atoms with Crippen LogP contribution < -0.4 is 0 Å². The maximum atomic E-state index is 10.6. The molecule has 0 unspecified atom stereocenters. The summed E-state index contributed by atoms with van der Waals surface area (Å²) in [6, 6.07) is 0. The molecular formula is C2H4F6O11S3. The Labute approximate surface area is 118 Å². The number of hydrogen-bond acceptors (Lipinski definition) is 7. The molecule has 0 heterocycles. The zero-order valence-electron chi connectivity index (χ0n) is 9.14. The van der Waals surface area contributed by atoms with Gasteiger partial charge in [0.25, 0.3) is 0 Å². The van der Waals surface area contributed by atoms with Gasteiger partial charge in [0.15, 0.2) is 0 Å². The summed E-state index contributed by atoms with van der Waals surface area (Å²) in [6.45, 7) is 0. The Morgan fingerprint density at radius 3 is 0.727 bits per heavy atom. The highest BCUT2D eigenvalue weighted by molar-refractivity contribution is 7.80. The summed E-state index contributed by atoms with van der Waals surface area (Å²) in [4.78, 5) is 8.90. The molecule has 0 atom stereocenters. The predicted molar refractivity (Wildman–Crippen MR) is 51.7 cm³/mol. The number of hydrogen-bond donors (Lipinski definition) is 4. The fourth-order valence-electron chi connectivity index (χ4n) is 0.